The van der Waals surface area contributed by atoms with Gasteiger partial charge in [-0.15, -0.1) is 11.3 Å². The van der Waals surface area contributed by atoms with E-state index in [1.165, 1.54) is 16.8 Å². The van der Waals surface area contributed by atoms with Crippen LogP contribution >= 0.6 is 11.3 Å². The van der Waals surface area contributed by atoms with Crippen molar-refractivity contribution < 1.29 is 4.79 Å². The number of benzene rings is 1. The third kappa shape index (κ3) is 4.89. The van der Waals surface area contributed by atoms with Crippen LogP contribution in [0.5, 0.6) is 0 Å². The van der Waals surface area contributed by atoms with Gasteiger partial charge in [0.2, 0.25) is 5.91 Å². The fourth-order valence-corrected chi connectivity index (χ4v) is 5.54. The smallest absolute Gasteiger partial charge is 0.226 e. The van der Waals surface area contributed by atoms with E-state index in [9.17, 15) is 4.79 Å². The molecule has 0 spiro atoms. The lowest BCUT2D eigenvalue weighted by Crippen LogP contribution is -2.48. The van der Waals surface area contributed by atoms with Crippen molar-refractivity contribution >= 4 is 17.2 Å². The van der Waals surface area contributed by atoms with Crippen LogP contribution in [0.4, 0.5) is 0 Å². The number of hydrogen-bond acceptors (Lipinski definition) is 4. The number of nitrogens with zero attached hydrogens (tertiary/aromatic N) is 3. The van der Waals surface area contributed by atoms with Gasteiger partial charge in [-0.2, -0.15) is 0 Å². The van der Waals surface area contributed by atoms with E-state index in [0.717, 1.165) is 69.7 Å². The zero-order valence-electron chi connectivity index (χ0n) is 17.8. The third-order valence-corrected chi connectivity index (χ3v) is 7.32. The van der Waals surface area contributed by atoms with E-state index >= 15 is 0 Å². The van der Waals surface area contributed by atoms with Crippen LogP contribution < -0.4 is 0 Å². The Labute approximate surface area is 178 Å². The lowest BCUT2D eigenvalue weighted by Gasteiger charge is -2.39. The normalized spacial score (nSPS) is 20.4. The van der Waals surface area contributed by atoms with Crippen LogP contribution in [0.25, 0.3) is 0 Å². The first kappa shape index (κ1) is 20.5. The monoisotopic (exact) mass is 411 g/mol. The summed E-state index contributed by atoms with van der Waals surface area (Å²) in [5.41, 5.74) is 4.08. The molecular formula is C24H33N3OS. The summed E-state index contributed by atoms with van der Waals surface area (Å²) in [6.07, 6.45) is 6.21. The van der Waals surface area contributed by atoms with Gasteiger partial charge in [-0.25, -0.2) is 4.98 Å². The van der Waals surface area contributed by atoms with Crippen LogP contribution in [0.15, 0.2) is 29.6 Å². The number of carbonyl (C=O) groups excluding carboxylic acids is 1. The Balaban J connectivity index is 1.35. The van der Waals surface area contributed by atoms with E-state index in [1.807, 2.05) is 0 Å². The fraction of sp³-hybridized carbons (Fsp3) is 0.583. The van der Waals surface area contributed by atoms with Crippen LogP contribution in [0.1, 0.15) is 54.4 Å². The number of hydrogen-bond donors (Lipinski definition) is 0. The average Bonchev–Trinajstić information content (AvgIpc) is 3.16. The maximum atomic E-state index is 13.5. The van der Waals surface area contributed by atoms with Crippen molar-refractivity contribution in [3.8, 4) is 0 Å². The first-order chi connectivity index (χ1) is 14.1. The molecule has 1 aromatic carbocycles. The first-order valence-electron chi connectivity index (χ1n) is 11.1. The molecule has 0 bridgehead atoms. The summed E-state index contributed by atoms with van der Waals surface area (Å²) in [7, 11) is 0. The quantitative estimate of drug-likeness (QED) is 0.704. The minimum absolute atomic E-state index is 0.187. The summed E-state index contributed by atoms with van der Waals surface area (Å²) in [5, 5.41) is 3.30. The molecule has 1 fully saturated rings. The molecule has 2 heterocycles. The van der Waals surface area contributed by atoms with E-state index in [4.69, 9.17) is 0 Å². The number of fused-ring (bicyclic) bond motifs is 1. The van der Waals surface area contributed by atoms with Crippen molar-refractivity contribution in [2.24, 2.45) is 5.92 Å². The summed E-state index contributed by atoms with van der Waals surface area (Å²) in [6, 6.07) is 9.13. The second kappa shape index (κ2) is 9.40. The second-order valence-corrected chi connectivity index (χ2v) is 9.67. The molecule has 1 amide bonds. The molecule has 1 unspecified atom stereocenters. The number of likely N-dealkylation sites (tertiary alicyclic amines) is 1. The van der Waals surface area contributed by atoms with E-state index in [1.54, 1.807) is 11.3 Å². The Kier molecular flexibility index (Phi) is 6.66. The summed E-state index contributed by atoms with van der Waals surface area (Å²) in [4.78, 5) is 22.8. The number of carbonyl (C=O) groups is 1. The van der Waals surface area contributed by atoms with Crippen LogP contribution in [-0.2, 0) is 24.2 Å². The number of aromatic nitrogens is 1. The van der Waals surface area contributed by atoms with Gasteiger partial charge >= 0.3 is 0 Å². The molecule has 0 radical (unpaired) electrons. The third-order valence-electron chi connectivity index (χ3n) is 6.50. The maximum Gasteiger partial charge on any atom is 0.226 e. The van der Waals surface area contributed by atoms with Crippen LogP contribution in [0.2, 0.25) is 0 Å². The summed E-state index contributed by atoms with van der Waals surface area (Å²) >= 11 is 1.72. The Bertz CT molecular complexity index is 825. The fourth-order valence-electron chi connectivity index (χ4n) is 4.94. The Morgan fingerprint density at radius 2 is 1.97 bits per heavy atom. The van der Waals surface area contributed by atoms with Gasteiger partial charge < -0.3 is 4.90 Å². The minimum atomic E-state index is 0.187. The molecule has 2 aliphatic rings. The highest BCUT2D eigenvalue weighted by Gasteiger charge is 2.33. The van der Waals surface area contributed by atoms with Crippen molar-refractivity contribution in [1.82, 2.24) is 14.8 Å². The van der Waals surface area contributed by atoms with Crippen LogP contribution in [0, 0.1) is 12.8 Å². The molecule has 4 rings (SSSR count). The van der Waals surface area contributed by atoms with Gasteiger partial charge in [0.25, 0.3) is 0 Å². The molecule has 1 aliphatic carbocycles. The molecule has 1 atom stereocenters. The highest BCUT2D eigenvalue weighted by Crippen LogP contribution is 2.28. The van der Waals surface area contributed by atoms with Crippen molar-refractivity contribution in [3.63, 3.8) is 0 Å². The molecule has 1 saturated heterocycles. The zero-order chi connectivity index (χ0) is 20.2. The zero-order valence-corrected chi connectivity index (χ0v) is 18.6. The molecule has 0 N–H and O–H groups in total. The number of thiazole rings is 1. The molecule has 0 saturated carbocycles. The predicted molar refractivity (Wildman–Crippen MR) is 119 cm³/mol. The van der Waals surface area contributed by atoms with Crippen molar-refractivity contribution in [2.45, 2.75) is 65.0 Å². The Morgan fingerprint density at radius 3 is 2.66 bits per heavy atom. The highest BCUT2D eigenvalue weighted by molar-refractivity contribution is 7.09. The Hall–Kier alpha value is -1.72. The SMILES string of the molecule is CCCN(C(=O)C1CCN(Cc2csc(C)n2)CC1)C1CCc2ccccc2C1. The minimum Gasteiger partial charge on any atom is -0.339 e. The predicted octanol–water partition coefficient (Wildman–Crippen LogP) is 4.46. The maximum absolute atomic E-state index is 13.5. The van der Waals surface area contributed by atoms with Gasteiger partial charge in [0.05, 0.1) is 10.7 Å². The van der Waals surface area contributed by atoms with E-state index < -0.39 is 0 Å². The number of rotatable bonds is 6. The molecule has 4 nitrogen and oxygen atoms in total. The van der Waals surface area contributed by atoms with Crippen LogP contribution in [-0.4, -0.2) is 46.4 Å². The summed E-state index contributed by atoms with van der Waals surface area (Å²) in [6.45, 7) is 8.06. The van der Waals surface area contributed by atoms with Gasteiger partial charge in [-0.05, 0) is 69.7 Å². The first-order valence-corrected chi connectivity index (χ1v) is 12.0. The molecule has 2 aromatic rings. The summed E-state index contributed by atoms with van der Waals surface area (Å²) < 4.78 is 0. The molecular weight excluding hydrogens is 378 g/mol. The molecule has 1 aliphatic heterocycles. The van der Waals surface area contributed by atoms with Gasteiger partial charge in [0.1, 0.15) is 0 Å². The number of piperidine rings is 1. The molecule has 29 heavy (non-hydrogen) atoms. The topological polar surface area (TPSA) is 36.4 Å². The lowest BCUT2D eigenvalue weighted by atomic mass is 9.86. The standard InChI is InChI=1S/C24H33N3OS/c1-3-12-27(23-9-8-19-6-4-5-7-21(19)15-23)24(28)20-10-13-26(14-11-20)16-22-17-29-18(2)25-22/h4-7,17,20,23H,3,8-16H2,1-2H3. The van der Waals surface area contributed by atoms with Crippen LogP contribution in [0.3, 0.4) is 0 Å². The average molecular weight is 412 g/mol. The Morgan fingerprint density at radius 1 is 1.21 bits per heavy atom. The number of amides is 1. The van der Waals surface area contributed by atoms with Crippen molar-refractivity contribution in [2.75, 3.05) is 19.6 Å². The van der Waals surface area contributed by atoms with Gasteiger partial charge in [0.15, 0.2) is 0 Å². The summed E-state index contributed by atoms with van der Waals surface area (Å²) in [5.74, 6) is 0.590. The van der Waals surface area contributed by atoms with Gasteiger partial charge in [-0.1, -0.05) is 31.2 Å². The van der Waals surface area contributed by atoms with E-state index in [2.05, 4.69) is 58.3 Å². The van der Waals surface area contributed by atoms with E-state index in [0.29, 0.717) is 11.9 Å². The van der Waals surface area contributed by atoms with Crippen molar-refractivity contribution in [1.29, 1.82) is 0 Å². The van der Waals surface area contributed by atoms with Gasteiger partial charge in [-0.3, -0.25) is 9.69 Å². The van der Waals surface area contributed by atoms with Gasteiger partial charge in [0, 0.05) is 30.4 Å². The largest absolute Gasteiger partial charge is 0.339 e. The number of aryl methyl sites for hydroxylation is 2. The van der Waals surface area contributed by atoms with E-state index in [-0.39, 0.29) is 5.92 Å². The molecule has 156 valence electrons. The second-order valence-electron chi connectivity index (χ2n) is 8.61. The lowest BCUT2D eigenvalue weighted by molar-refractivity contribution is -0.139. The van der Waals surface area contributed by atoms with Crippen molar-refractivity contribution in [3.05, 3.63) is 51.5 Å². The molecule has 1 aromatic heterocycles. The molecule has 5 heteroatoms. The highest BCUT2D eigenvalue weighted by atomic mass is 32.1.